The van der Waals surface area contributed by atoms with E-state index in [1.807, 2.05) is 19.9 Å². The van der Waals surface area contributed by atoms with Gasteiger partial charge in [-0.2, -0.15) is 0 Å². The van der Waals surface area contributed by atoms with Crippen LogP contribution in [0.15, 0.2) is 24.3 Å². The molecule has 0 radical (unpaired) electrons. The van der Waals surface area contributed by atoms with E-state index in [0.29, 0.717) is 24.2 Å². The lowest BCUT2D eigenvalue weighted by molar-refractivity contribution is -0.116. The molecule has 1 rings (SSSR count). The Morgan fingerprint density at radius 2 is 1.84 bits per heavy atom. The van der Waals surface area contributed by atoms with Crippen LogP contribution in [0.25, 0.3) is 0 Å². The van der Waals surface area contributed by atoms with Gasteiger partial charge in [-0.05, 0) is 25.0 Å². The number of para-hydroxylation sites is 1. The Balaban J connectivity index is 2.72. The molecule has 4 nitrogen and oxygen atoms in total. The van der Waals surface area contributed by atoms with Crippen molar-refractivity contribution in [2.45, 2.75) is 39.5 Å². The number of benzene rings is 1. The van der Waals surface area contributed by atoms with E-state index < -0.39 is 0 Å². The molecule has 0 aliphatic carbocycles. The van der Waals surface area contributed by atoms with Gasteiger partial charge in [-0.25, -0.2) is 0 Å². The van der Waals surface area contributed by atoms with Crippen LogP contribution in [0.3, 0.4) is 0 Å². The van der Waals surface area contributed by atoms with Gasteiger partial charge in [0.1, 0.15) is 0 Å². The molecule has 104 valence electrons. The molecule has 0 fully saturated rings. The van der Waals surface area contributed by atoms with Crippen molar-refractivity contribution in [3.05, 3.63) is 29.8 Å². The maximum absolute atomic E-state index is 12.0. The number of anilines is 1. The molecule has 0 saturated carbocycles. The van der Waals surface area contributed by atoms with Gasteiger partial charge in [-0.15, -0.1) is 0 Å². The molecule has 0 saturated heterocycles. The molecular formula is C15H22N2O2. The molecule has 2 amide bonds. The summed E-state index contributed by atoms with van der Waals surface area (Å²) >= 11 is 0. The second-order valence-electron chi connectivity index (χ2n) is 4.45. The summed E-state index contributed by atoms with van der Waals surface area (Å²) in [5, 5.41) is 5.62. The Morgan fingerprint density at radius 1 is 1.11 bits per heavy atom. The first-order valence-corrected chi connectivity index (χ1v) is 6.86. The predicted octanol–water partition coefficient (Wildman–Crippen LogP) is 2.96. The summed E-state index contributed by atoms with van der Waals surface area (Å²) in [6.45, 7) is 4.68. The van der Waals surface area contributed by atoms with Crippen LogP contribution in [-0.2, 0) is 4.79 Å². The largest absolute Gasteiger partial charge is 0.352 e. The zero-order valence-electron chi connectivity index (χ0n) is 11.7. The quantitative estimate of drug-likeness (QED) is 0.793. The Bertz CT molecular complexity index is 430. The van der Waals surface area contributed by atoms with E-state index in [2.05, 4.69) is 10.6 Å². The molecule has 0 heterocycles. The second-order valence-corrected chi connectivity index (χ2v) is 4.45. The highest BCUT2D eigenvalue weighted by molar-refractivity contribution is 6.03. The Kier molecular flexibility index (Phi) is 6.64. The van der Waals surface area contributed by atoms with E-state index in [1.165, 1.54) is 0 Å². The molecule has 0 aromatic heterocycles. The van der Waals surface area contributed by atoms with E-state index in [4.69, 9.17) is 0 Å². The van der Waals surface area contributed by atoms with Crippen LogP contribution in [0.4, 0.5) is 5.69 Å². The molecule has 2 N–H and O–H groups in total. The number of hydrogen-bond acceptors (Lipinski definition) is 2. The minimum Gasteiger partial charge on any atom is -0.352 e. The zero-order valence-corrected chi connectivity index (χ0v) is 11.7. The standard InChI is InChI=1S/C15H22N2O2/c1-3-5-10-14(18)17-13-9-7-6-8-12(13)15(19)16-11-4-2/h6-9H,3-5,10-11H2,1-2H3,(H,16,19)(H,17,18). The smallest absolute Gasteiger partial charge is 0.253 e. The fraction of sp³-hybridized carbons (Fsp3) is 0.467. The number of hydrogen-bond donors (Lipinski definition) is 2. The first-order chi connectivity index (χ1) is 9.19. The van der Waals surface area contributed by atoms with Gasteiger partial charge in [0.2, 0.25) is 5.91 Å². The lowest BCUT2D eigenvalue weighted by atomic mass is 10.1. The zero-order chi connectivity index (χ0) is 14.1. The molecule has 0 unspecified atom stereocenters. The number of amides is 2. The van der Waals surface area contributed by atoms with Crippen molar-refractivity contribution in [1.29, 1.82) is 0 Å². The first-order valence-electron chi connectivity index (χ1n) is 6.86. The Labute approximate surface area is 114 Å². The van der Waals surface area contributed by atoms with Gasteiger partial charge in [0.25, 0.3) is 5.91 Å². The van der Waals surface area contributed by atoms with Crippen LogP contribution in [-0.4, -0.2) is 18.4 Å². The summed E-state index contributed by atoms with van der Waals surface area (Å²) in [5.74, 6) is -0.189. The third kappa shape index (κ3) is 5.12. The molecule has 1 aromatic carbocycles. The molecular weight excluding hydrogens is 240 g/mol. The normalized spacial score (nSPS) is 10.0. The lowest BCUT2D eigenvalue weighted by Crippen LogP contribution is -2.25. The number of carbonyl (C=O) groups excluding carboxylic acids is 2. The summed E-state index contributed by atoms with van der Waals surface area (Å²) < 4.78 is 0. The molecule has 0 spiro atoms. The fourth-order valence-electron chi connectivity index (χ4n) is 1.67. The average molecular weight is 262 g/mol. The van der Waals surface area contributed by atoms with Crippen LogP contribution < -0.4 is 10.6 Å². The van der Waals surface area contributed by atoms with Gasteiger partial charge >= 0.3 is 0 Å². The third-order valence-corrected chi connectivity index (χ3v) is 2.74. The SMILES string of the molecule is CCCCC(=O)Nc1ccccc1C(=O)NCCC. The number of nitrogens with one attached hydrogen (secondary N) is 2. The minimum atomic E-state index is -0.145. The van der Waals surface area contributed by atoms with E-state index in [1.54, 1.807) is 18.2 Å². The highest BCUT2D eigenvalue weighted by atomic mass is 16.2. The Morgan fingerprint density at radius 3 is 2.53 bits per heavy atom. The average Bonchev–Trinajstić information content (AvgIpc) is 2.43. The van der Waals surface area contributed by atoms with Gasteiger partial charge < -0.3 is 10.6 Å². The van der Waals surface area contributed by atoms with Crippen LogP contribution in [0.1, 0.15) is 49.9 Å². The van der Waals surface area contributed by atoms with Crippen LogP contribution in [0, 0.1) is 0 Å². The summed E-state index contributed by atoms with van der Waals surface area (Å²) in [7, 11) is 0. The molecule has 1 aromatic rings. The fourth-order valence-corrected chi connectivity index (χ4v) is 1.67. The van der Waals surface area contributed by atoms with Crippen LogP contribution in [0.5, 0.6) is 0 Å². The number of unbranched alkanes of at least 4 members (excludes halogenated alkanes) is 1. The molecule has 0 atom stereocenters. The summed E-state index contributed by atoms with van der Waals surface area (Å²) in [6, 6.07) is 7.08. The van der Waals surface area contributed by atoms with Crippen molar-refractivity contribution in [2.24, 2.45) is 0 Å². The topological polar surface area (TPSA) is 58.2 Å². The van der Waals surface area contributed by atoms with E-state index in [-0.39, 0.29) is 11.8 Å². The second kappa shape index (κ2) is 8.29. The van der Waals surface area contributed by atoms with Gasteiger partial charge in [0.15, 0.2) is 0 Å². The van der Waals surface area contributed by atoms with Crippen molar-refractivity contribution >= 4 is 17.5 Å². The first kappa shape index (κ1) is 15.2. The number of rotatable bonds is 7. The van der Waals surface area contributed by atoms with Crippen molar-refractivity contribution in [3.63, 3.8) is 0 Å². The van der Waals surface area contributed by atoms with Gasteiger partial charge in [0.05, 0.1) is 11.3 Å². The monoisotopic (exact) mass is 262 g/mol. The molecule has 0 aliphatic heterocycles. The van der Waals surface area contributed by atoms with E-state index in [9.17, 15) is 9.59 Å². The lowest BCUT2D eigenvalue weighted by Gasteiger charge is -2.11. The molecule has 19 heavy (non-hydrogen) atoms. The Hall–Kier alpha value is -1.84. The van der Waals surface area contributed by atoms with Gasteiger partial charge in [-0.1, -0.05) is 32.4 Å². The summed E-state index contributed by atoms with van der Waals surface area (Å²) in [5.41, 5.74) is 1.10. The highest BCUT2D eigenvalue weighted by Crippen LogP contribution is 2.15. The van der Waals surface area contributed by atoms with E-state index >= 15 is 0 Å². The van der Waals surface area contributed by atoms with E-state index in [0.717, 1.165) is 19.3 Å². The molecule has 4 heteroatoms. The third-order valence-electron chi connectivity index (χ3n) is 2.74. The predicted molar refractivity (Wildman–Crippen MR) is 77.2 cm³/mol. The molecule has 0 aliphatic rings. The highest BCUT2D eigenvalue weighted by Gasteiger charge is 2.11. The van der Waals surface area contributed by atoms with Gasteiger partial charge in [-0.3, -0.25) is 9.59 Å². The minimum absolute atomic E-state index is 0.0439. The van der Waals surface area contributed by atoms with Crippen LogP contribution in [0.2, 0.25) is 0 Å². The number of carbonyl (C=O) groups is 2. The molecule has 0 bridgehead atoms. The maximum atomic E-state index is 12.0. The van der Waals surface area contributed by atoms with Crippen molar-refractivity contribution in [1.82, 2.24) is 5.32 Å². The van der Waals surface area contributed by atoms with Gasteiger partial charge in [0, 0.05) is 13.0 Å². The van der Waals surface area contributed by atoms with Crippen molar-refractivity contribution < 1.29 is 9.59 Å². The van der Waals surface area contributed by atoms with Crippen molar-refractivity contribution in [3.8, 4) is 0 Å². The van der Waals surface area contributed by atoms with Crippen molar-refractivity contribution in [2.75, 3.05) is 11.9 Å². The summed E-state index contributed by atoms with van der Waals surface area (Å²) in [4.78, 5) is 23.7. The summed E-state index contributed by atoms with van der Waals surface area (Å²) in [6.07, 6.45) is 3.21. The van der Waals surface area contributed by atoms with Crippen LogP contribution >= 0.6 is 0 Å². The maximum Gasteiger partial charge on any atom is 0.253 e.